The lowest BCUT2D eigenvalue weighted by Crippen LogP contribution is -2.01. The van der Waals surface area contributed by atoms with Crippen molar-refractivity contribution in [2.45, 2.75) is 11.8 Å². The summed E-state index contributed by atoms with van der Waals surface area (Å²) in [4.78, 5) is -0.565. The molecule has 6 heteroatoms. The molecule has 0 aliphatic rings. The summed E-state index contributed by atoms with van der Waals surface area (Å²) in [6.45, 7) is 1.49. The summed E-state index contributed by atoms with van der Waals surface area (Å²) in [6, 6.07) is 2.40. The Balaban J connectivity index is 3.56. The van der Waals surface area contributed by atoms with Crippen LogP contribution in [0, 0.1) is 6.92 Å². The molecule has 0 spiro atoms. The summed E-state index contributed by atoms with van der Waals surface area (Å²) in [7, 11) is -4.41. The summed E-state index contributed by atoms with van der Waals surface area (Å²) < 4.78 is 30.1. The highest BCUT2D eigenvalue weighted by Gasteiger charge is 2.17. The van der Waals surface area contributed by atoms with Gasteiger partial charge in [0.25, 0.3) is 10.1 Å². The molecule has 0 bridgehead atoms. The minimum absolute atomic E-state index is 0.169. The number of rotatable bonds is 1. The van der Waals surface area contributed by atoms with Gasteiger partial charge in [-0.15, -0.1) is 0 Å². The number of aromatic hydroxyl groups is 1. The molecule has 0 fully saturated rings. The molecule has 0 aliphatic carbocycles. The van der Waals surface area contributed by atoms with Crippen LogP contribution in [-0.2, 0) is 10.1 Å². The first kappa shape index (κ1) is 9.82. The van der Waals surface area contributed by atoms with Gasteiger partial charge in [-0.1, -0.05) is 0 Å². The average molecular weight is 203 g/mol. The van der Waals surface area contributed by atoms with Gasteiger partial charge in [0.1, 0.15) is 10.6 Å². The number of hydrogen-bond donors (Lipinski definition) is 3. The molecule has 0 radical (unpaired) electrons. The summed E-state index contributed by atoms with van der Waals surface area (Å²) in [5.41, 5.74) is 5.81. The molecule has 1 rings (SSSR count). The molecular weight excluding hydrogens is 194 g/mol. The van der Waals surface area contributed by atoms with Crippen molar-refractivity contribution >= 4 is 15.8 Å². The zero-order valence-electron chi connectivity index (χ0n) is 6.85. The molecule has 0 aliphatic heterocycles. The van der Waals surface area contributed by atoms with E-state index in [9.17, 15) is 13.5 Å². The Hall–Kier alpha value is -1.27. The summed E-state index contributed by atoms with van der Waals surface area (Å²) >= 11 is 0. The molecule has 4 N–H and O–H groups in total. The smallest absolute Gasteiger partial charge is 0.298 e. The molecule has 5 nitrogen and oxygen atoms in total. The fourth-order valence-corrected chi connectivity index (χ4v) is 1.66. The van der Waals surface area contributed by atoms with E-state index in [-0.39, 0.29) is 5.69 Å². The summed E-state index contributed by atoms with van der Waals surface area (Å²) in [5.74, 6) is -0.475. The van der Waals surface area contributed by atoms with Crippen LogP contribution in [0.25, 0.3) is 0 Å². The van der Waals surface area contributed by atoms with Crippen LogP contribution >= 0.6 is 0 Å². The minimum Gasteiger partial charge on any atom is -0.506 e. The van der Waals surface area contributed by atoms with Gasteiger partial charge in [-0.25, -0.2) is 0 Å². The van der Waals surface area contributed by atoms with E-state index in [4.69, 9.17) is 10.3 Å². The van der Waals surface area contributed by atoms with Gasteiger partial charge in [0.2, 0.25) is 0 Å². The maximum atomic E-state index is 10.7. The standard InChI is InChI=1S/C7H9NO4S/c1-4-2-5(8)3-6(7(4)9)13(10,11)12/h2-3,9H,8H2,1H3,(H,10,11,12). The molecule has 0 heterocycles. The number of nitrogens with two attached hydrogens (primary N) is 1. The number of hydrogen-bond acceptors (Lipinski definition) is 4. The predicted molar refractivity (Wildman–Crippen MR) is 47.1 cm³/mol. The molecular formula is C7H9NO4S. The molecule has 0 saturated heterocycles. The van der Waals surface area contributed by atoms with Gasteiger partial charge in [0.05, 0.1) is 0 Å². The second-order valence-electron chi connectivity index (χ2n) is 2.66. The van der Waals surface area contributed by atoms with E-state index >= 15 is 0 Å². The zero-order chi connectivity index (χ0) is 10.2. The van der Waals surface area contributed by atoms with Crippen LogP contribution < -0.4 is 5.73 Å². The molecule has 0 amide bonds. The van der Waals surface area contributed by atoms with Crippen LogP contribution in [0.3, 0.4) is 0 Å². The second kappa shape index (κ2) is 2.90. The van der Waals surface area contributed by atoms with Crippen molar-refractivity contribution in [2.75, 3.05) is 5.73 Å². The lowest BCUT2D eigenvalue weighted by atomic mass is 10.2. The lowest BCUT2D eigenvalue weighted by Gasteiger charge is -2.05. The highest BCUT2D eigenvalue weighted by atomic mass is 32.2. The van der Waals surface area contributed by atoms with Crippen molar-refractivity contribution < 1.29 is 18.1 Å². The SMILES string of the molecule is Cc1cc(N)cc(S(=O)(=O)O)c1O. The molecule has 13 heavy (non-hydrogen) atoms. The number of benzene rings is 1. The van der Waals surface area contributed by atoms with E-state index in [1.807, 2.05) is 0 Å². The Bertz CT molecular complexity index is 438. The van der Waals surface area contributed by atoms with Gasteiger partial charge >= 0.3 is 0 Å². The van der Waals surface area contributed by atoms with Crippen LogP contribution in [0.15, 0.2) is 17.0 Å². The molecule has 1 aromatic carbocycles. The van der Waals surface area contributed by atoms with Crippen LogP contribution in [-0.4, -0.2) is 18.1 Å². The van der Waals surface area contributed by atoms with Crippen LogP contribution in [0.4, 0.5) is 5.69 Å². The molecule has 72 valence electrons. The van der Waals surface area contributed by atoms with Crippen molar-refractivity contribution in [3.63, 3.8) is 0 Å². The van der Waals surface area contributed by atoms with Crippen molar-refractivity contribution in [3.05, 3.63) is 17.7 Å². The Morgan fingerprint density at radius 2 is 1.92 bits per heavy atom. The van der Waals surface area contributed by atoms with E-state index in [1.165, 1.54) is 13.0 Å². The normalized spacial score (nSPS) is 11.5. The molecule has 0 atom stereocenters. The number of phenols is 1. The van der Waals surface area contributed by atoms with E-state index in [0.717, 1.165) is 6.07 Å². The van der Waals surface area contributed by atoms with Crippen LogP contribution in [0.1, 0.15) is 5.56 Å². The quantitative estimate of drug-likeness (QED) is 0.351. The Morgan fingerprint density at radius 3 is 2.38 bits per heavy atom. The maximum absolute atomic E-state index is 10.7. The Morgan fingerprint density at radius 1 is 1.38 bits per heavy atom. The third-order valence-corrected chi connectivity index (χ3v) is 2.43. The zero-order valence-corrected chi connectivity index (χ0v) is 7.67. The Labute approximate surface area is 75.6 Å². The third kappa shape index (κ3) is 1.90. The van der Waals surface area contributed by atoms with Gasteiger partial charge in [-0.3, -0.25) is 4.55 Å². The number of anilines is 1. The van der Waals surface area contributed by atoms with E-state index < -0.39 is 20.8 Å². The van der Waals surface area contributed by atoms with Crippen LogP contribution in [0.2, 0.25) is 0 Å². The van der Waals surface area contributed by atoms with E-state index in [2.05, 4.69) is 0 Å². The third-order valence-electron chi connectivity index (χ3n) is 1.57. The van der Waals surface area contributed by atoms with Crippen molar-refractivity contribution in [3.8, 4) is 5.75 Å². The second-order valence-corrected chi connectivity index (χ2v) is 4.05. The molecule has 1 aromatic rings. The van der Waals surface area contributed by atoms with Crippen molar-refractivity contribution in [1.82, 2.24) is 0 Å². The molecule has 0 aromatic heterocycles. The number of nitrogen functional groups attached to an aromatic ring is 1. The topological polar surface area (TPSA) is 101 Å². The summed E-state index contributed by atoms with van der Waals surface area (Å²) in [5, 5.41) is 9.26. The largest absolute Gasteiger partial charge is 0.506 e. The molecule has 0 unspecified atom stereocenters. The monoisotopic (exact) mass is 203 g/mol. The van der Waals surface area contributed by atoms with Gasteiger partial charge in [0, 0.05) is 5.69 Å². The highest BCUT2D eigenvalue weighted by Crippen LogP contribution is 2.28. The Kier molecular flexibility index (Phi) is 2.19. The first-order chi connectivity index (χ1) is 5.82. The number of aryl methyl sites for hydroxylation is 1. The van der Waals surface area contributed by atoms with Gasteiger partial charge in [-0.2, -0.15) is 8.42 Å². The van der Waals surface area contributed by atoms with Crippen LogP contribution in [0.5, 0.6) is 5.75 Å². The van der Waals surface area contributed by atoms with Gasteiger partial charge in [0.15, 0.2) is 0 Å². The van der Waals surface area contributed by atoms with Crippen molar-refractivity contribution in [2.24, 2.45) is 0 Å². The first-order valence-corrected chi connectivity index (χ1v) is 4.83. The van der Waals surface area contributed by atoms with E-state index in [0.29, 0.717) is 5.56 Å². The maximum Gasteiger partial charge on any atom is 0.298 e. The molecule has 0 saturated carbocycles. The van der Waals surface area contributed by atoms with Gasteiger partial charge < -0.3 is 10.8 Å². The first-order valence-electron chi connectivity index (χ1n) is 3.39. The average Bonchev–Trinajstić information content (AvgIpc) is 1.94. The fourth-order valence-electron chi connectivity index (χ4n) is 0.971. The predicted octanol–water partition coefficient (Wildman–Crippen LogP) is 0.530. The summed E-state index contributed by atoms with van der Waals surface area (Å²) in [6.07, 6.45) is 0. The highest BCUT2D eigenvalue weighted by molar-refractivity contribution is 7.86. The lowest BCUT2D eigenvalue weighted by molar-refractivity contribution is 0.440. The van der Waals surface area contributed by atoms with E-state index in [1.54, 1.807) is 0 Å². The van der Waals surface area contributed by atoms with Gasteiger partial charge in [-0.05, 0) is 24.6 Å². The number of phenolic OH excluding ortho intramolecular Hbond substituents is 1. The van der Waals surface area contributed by atoms with Crippen molar-refractivity contribution in [1.29, 1.82) is 0 Å². The fraction of sp³-hybridized carbons (Fsp3) is 0.143. The minimum atomic E-state index is -4.41.